The molecule has 0 spiro atoms. The van der Waals surface area contributed by atoms with Crippen molar-refractivity contribution in [1.29, 1.82) is 0 Å². The van der Waals surface area contributed by atoms with E-state index in [1.165, 1.54) is 60.7 Å². The van der Waals surface area contributed by atoms with Crippen LogP contribution in [-0.2, 0) is 24.8 Å². The smallest absolute Gasteiger partial charge is 0.264 e. The van der Waals surface area contributed by atoms with Crippen LogP contribution >= 0.6 is 11.6 Å². The van der Waals surface area contributed by atoms with Crippen molar-refractivity contribution in [2.45, 2.75) is 9.79 Å². The molecule has 0 unspecified atom stereocenters. The van der Waals surface area contributed by atoms with E-state index in [9.17, 15) is 21.6 Å². The number of hydrogen-bond acceptors (Lipinski definition) is 5. The topological polar surface area (TPSA) is 113 Å². The summed E-state index contributed by atoms with van der Waals surface area (Å²) in [7, 11) is -8.00. The zero-order valence-electron chi connectivity index (χ0n) is 21.4. The van der Waals surface area contributed by atoms with Gasteiger partial charge >= 0.3 is 0 Å². The van der Waals surface area contributed by atoms with Gasteiger partial charge in [-0.05, 0) is 72.1 Å². The third-order valence-corrected chi connectivity index (χ3v) is 9.64. The minimum atomic E-state index is -4.08. The maximum absolute atomic E-state index is 13.4. The second-order valence-electron chi connectivity index (χ2n) is 9.01. The Hall–Kier alpha value is -4.38. The molecule has 5 aromatic rings. The molecule has 11 heteroatoms. The molecule has 0 atom stereocenters. The van der Waals surface area contributed by atoms with Gasteiger partial charge in [0.05, 0.1) is 21.2 Å². The number of nitrogens with zero attached hydrogens (tertiary/aromatic N) is 1. The first-order valence-electron chi connectivity index (χ1n) is 12.4. The zero-order valence-corrected chi connectivity index (χ0v) is 23.8. The Balaban J connectivity index is 1.34. The van der Waals surface area contributed by atoms with Crippen molar-refractivity contribution in [1.82, 2.24) is 0 Å². The number of nitrogens with one attached hydrogen (secondary N) is 2. The Bertz CT molecular complexity index is 1910. The summed E-state index contributed by atoms with van der Waals surface area (Å²) in [5.41, 5.74) is 1.00. The fourth-order valence-corrected chi connectivity index (χ4v) is 6.86. The quantitative estimate of drug-likeness (QED) is 0.210. The monoisotopic (exact) mass is 605 g/mol. The Labute approximate surface area is 243 Å². The van der Waals surface area contributed by atoms with E-state index in [2.05, 4.69) is 10.0 Å². The molecule has 0 fully saturated rings. The molecular weight excluding hydrogens is 582 g/mol. The summed E-state index contributed by atoms with van der Waals surface area (Å²) >= 11 is 5.98. The van der Waals surface area contributed by atoms with Gasteiger partial charge in [0.15, 0.2) is 0 Å². The molecule has 0 bridgehead atoms. The molecule has 0 aromatic heterocycles. The lowest BCUT2D eigenvalue weighted by atomic mass is 10.1. The zero-order chi connectivity index (χ0) is 29.0. The van der Waals surface area contributed by atoms with Crippen LogP contribution in [0.2, 0.25) is 5.02 Å². The number of anilines is 3. The van der Waals surface area contributed by atoms with Gasteiger partial charge in [-0.25, -0.2) is 16.8 Å². The van der Waals surface area contributed by atoms with E-state index in [0.717, 1.165) is 15.1 Å². The summed E-state index contributed by atoms with van der Waals surface area (Å²) < 4.78 is 56.6. The Morgan fingerprint density at radius 1 is 0.683 bits per heavy atom. The molecule has 0 aliphatic carbocycles. The van der Waals surface area contributed by atoms with Crippen LogP contribution in [0.15, 0.2) is 131 Å². The molecule has 1 amide bonds. The van der Waals surface area contributed by atoms with Crippen molar-refractivity contribution in [3.8, 4) is 0 Å². The second-order valence-corrected chi connectivity index (χ2v) is 13.0. The van der Waals surface area contributed by atoms with Gasteiger partial charge in [-0.3, -0.25) is 13.8 Å². The van der Waals surface area contributed by atoms with Gasteiger partial charge in [-0.15, -0.1) is 0 Å². The van der Waals surface area contributed by atoms with E-state index >= 15 is 0 Å². The average Bonchev–Trinajstić information content (AvgIpc) is 2.97. The normalized spacial score (nSPS) is 11.6. The molecule has 8 nitrogen and oxygen atoms in total. The van der Waals surface area contributed by atoms with E-state index in [-0.39, 0.29) is 15.5 Å². The second kappa shape index (κ2) is 11.6. The maximum Gasteiger partial charge on any atom is 0.264 e. The van der Waals surface area contributed by atoms with Crippen LogP contribution in [-0.4, -0.2) is 29.3 Å². The number of carbonyl (C=O) groups excluding carboxylic acids is 1. The van der Waals surface area contributed by atoms with Crippen LogP contribution in [0.3, 0.4) is 0 Å². The van der Waals surface area contributed by atoms with Crippen LogP contribution in [0.1, 0.15) is 0 Å². The molecule has 0 aliphatic rings. The van der Waals surface area contributed by atoms with E-state index in [1.54, 1.807) is 30.3 Å². The number of carbonyl (C=O) groups is 1. The maximum atomic E-state index is 13.4. The number of fused-ring (bicyclic) bond motifs is 1. The lowest BCUT2D eigenvalue weighted by Gasteiger charge is -2.24. The van der Waals surface area contributed by atoms with Crippen LogP contribution in [0, 0.1) is 0 Å². The molecule has 0 saturated carbocycles. The first-order chi connectivity index (χ1) is 19.6. The summed E-state index contributed by atoms with van der Waals surface area (Å²) in [6.07, 6.45) is 0. The van der Waals surface area contributed by atoms with Crippen molar-refractivity contribution in [2.75, 3.05) is 20.9 Å². The predicted molar refractivity (Wildman–Crippen MR) is 162 cm³/mol. The van der Waals surface area contributed by atoms with Crippen LogP contribution in [0.5, 0.6) is 0 Å². The van der Waals surface area contributed by atoms with E-state index in [0.29, 0.717) is 16.4 Å². The van der Waals surface area contributed by atoms with Gasteiger partial charge < -0.3 is 5.32 Å². The van der Waals surface area contributed by atoms with Gasteiger partial charge in [0.1, 0.15) is 6.54 Å². The number of rotatable bonds is 9. The standard InChI is InChI=1S/C30H24ClN3O5S2/c31-23-13-17-25(18-14-23)34(41(38,39)27-9-2-1-3-10-27)21-30(35)32-24-15-19-26(20-16-24)40(36,37)33-29-12-6-8-22-7-4-5-11-28(22)29/h1-20,33H,21H2,(H,32,35). The highest BCUT2D eigenvalue weighted by molar-refractivity contribution is 7.93. The number of halogens is 1. The lowest BCUT2D eigenvalue weighted by Crippen LogP contribution is -2.38. The lowest BCUT2D eigenvalue weighted by molar-refractivity contribution is -0.114. The first kappa shape index (κ1) is 28.2. The Kier molecular flexibility index (Phi) is 7.98. The van der Waals surface area contributed by atoms with Crippen molar-refractivity contribution in [3.05, 3.63) is 126 Å². The average molecular weight is 606 g/mol. The fourth-order valence-electron chi connectivity index (χ4n) is 4.21. The summed E-state index contributed by atoms with van der Waals surface area (Å²) in [5, 5.41) is 4.72. The molecule has 0 saturated heterocycles. The molecule has 0 heterocycles. The molecule has 2 N–H and O–H groups in total. The summed E-state index contributed by atoms with van der Waals surface area (Å²) in [4.78, 5) is 13.0. The van der Waals surface area contributed by atoms with Gasteiger partial charge in [0.2, 0.25) is 5.91 Å². The summed E-state index contributed by atoms with van der Waals surface area (Å²) in [6.45, 7) is -0.526. The van der Waals surface area contributed by atoms with Crippen LogP contribution in [0.4, 0.5) is 17.1 Å². The molecule has 5 aromatic carbocycles. The summed E-state index contributed by atoms with van der Waals surface area (Å²) in [5.74, 6) is -0.621. The highest BCUT2D eigenvalue weighted by Gasteiger charge is 2.27. The Morgan fingerprint density at radius 3 is 2.02 bits per heavy atom. The van der Waals surface area contributed by atoms with Crippen LogP contribution < -0.4 is 14.3 Å². The van der Waals surface area contributed by atoms with Crippen molar-refractivity contribution in [3.63, 3.8) is 0 Å². The van der Waals surface area contributed by atoms with Crippen molar-refractivity contribution in [2.24, 2.45) is 0 Å². The van der Waals surface area contributed by atoms with Gasteiger partial charge in [-0.1, -0.05) is 66.2 Å². The third kappa shape index (κ3) is 6.35. The SMILES string of the molecule is O=C(CN(c1ccc(Cl)cc1)S(=O)(=O)c1ccccc1)Nc1ccc(S(=O)(=O)Nc2cccc3ccccc23)cc1. The first-order valence-corrected chi connectivity index (χ1v) is 15.7. The summed E-state index contributed by atoms with van der Waals surface area (Å²) in [6, 6.07) is 32.2. The largest absolute Gasteiger partial charge is 0.325 e. The number of sulfonamides is 2. The van der Waals surface area contributed by atoms with E-state index in [4.69, 9.17) is 11.6 Å². The molecule has 208 valence electrons. The number of benzene rings is 5. The fraction of sp³-hybridized carbons (Fsp3) is 0.0333. The van der Waals surface area contributed by atoms with Gasteiger partial charge in [0.25, 0.3) is 20.0 Å². The number of hydrogen-bond donors (Lipinski definition) is 2. The highest BCUT2D eigenvalue weighted by Crippen LogP contribution is 2.27. The molecule has 0 radical (unpaired) electrons. The minimum absolute atomic E-state index is 0.00196. The highest BCUT2D eigenvalue weighted by atomic mass is 35.5. The minimum Gasteiger partial charge on any atom is -0.325 e. The van der Waals surface area contributed by atoms with Crippen molar-refractivity contribution < 1.29 is 21.6 Å². The Morgan fingerprint density at radius 2 is 1.32 bits per heavy atom. The number of amides is 1. The molecule has 0 aliphatic heterocycles. The van der Waals surface area contributed by atoms with E-state index < -0.39 is 32.5 Å². The van der Waals surface area contributed by atoms with Gasteiger partial charge in [-0.2, -0.15) is 0 Å². The van der Waals surface area contributed by atoms with Crippen molar-refractivity contribution >= 4 is 65.4 Å². The predicted octanol–water partition coefficient (Wildman–Crippen LogP) is 6.13. The third-order valence-electron chi connectivity index (χ3n) is 6.22. The van der Waals surface area contributed by atoms with Gasteiger partial charge in [0, 0.05) is 16.1 Å². The molecular formula is C30H24ClN3O5S2. The molecule has 41 heavy (non-hydrogen) atoms. The van der Waals surface area contributed by atoms with Crippen LogP contribution in [0.25, 0.3) is 10.8 Å². The van der Waals surface area contributed by atoms with E-state index in [1.807, 2.05) is 30.3 Å². The molecule has 5 rings (SSSR count).